The molecule has 0 saturated carbocycles. The maximum Gasteiger partial charge on any atom is 0.329 e. The summed E-state index contributed by atoms with van der Waals surface area (Å²) < 4.78 is 16.0. The molecule has 10 heteroatoms. The van der Waals surface area contributed by atoms with Crippen molar-refractivity contribution in [2.75, 3.05) is 19.0 Å². The quantitative estimate of drug-likeness (QED) is 0.246. The first-order valence-electron chi connectivity index (χ1n) is 10.7. The molecule has 0 bridgehead atoms. The van der Waals surface area contributed by atoms with Crippen molar-refractivity contribution in [3.63, 3.8) is 0 Å². The fraction of sp³-hybridized carbons (Fsp3) is 0.200. The van der Waals surface area contributed by atoms with Gasteiger partial charge in [-0.3, -0.25) is 14.4 Å². The van der Waals surface area contributed by atoms with Crippen LogP contribution >= 0.6 is 0 Å². The molecular formula is C25H26N4O6. The predicted molar refractivity (Wildman–Crippen MR) is 129 cm³/mol. The number of methoxy groups -OCH3 is 1. The highest BCUT2D eigenvalue weighted by molar-refractivity contribution is 6.35. The second-order valence-electron chi connectivity index (χ2n) is 7.53. The molecule has 182 valence electrons. The van der Waals surface area contributed by atoms with E-state index in [1.54, 1.807) is 30.3 Å². The van der Waals surface area contributed by atoms with Crippen LogP contribution in [0.4, 0.5) is 5.69 Å². The molecule has 0 spiro atoms. The van der Waals surface area contributed by atoms with E-state index in [9.17, 15) is 14.4 Å². The number of hydrogen-bond acceptors (Lipinski definition) is 7. The maximum atomic E-state index is 12.3. The van der Waals surface area contributed by atoms with E-state index in [1.165, 1.54) is 19.6 Å². The van der Waals surface area contributed by atoms with Crippen molar-refractivity contribution in [1.29, 1.82) is 0 Å². The average molecular weight is 479 g/mol. The number of carbonyl (C=O) groups is 3. The number of aryl methyl sites for hydroxylation is 2. The Morgan fingerprint density at radius 3 is 2.57 bits per heavy atom. The van der Waals surface area contributed by atoms with Crippen molar-refractivity contribution in [2.24, 2.45) is 5.10 Å². The average Bonchev–Trinajstić information content (AvgIpc) is 3.37. The van der Waals surface area contributed by atoms with E-state index in [0.29, 0.717) is 22.8 Å². The van der Waals surface area contributed by atoms with Crippen LogP contribution in [0.2, 0.25) is 0 Å². The number of furan rings is 1. The van der Waals surface area contributed by atoms with Gasteiger partial charge in [0.2, 0.25) is 0 Å². The van der Waals surface area contributed by atoms with Crippen molar-refractivity contribution in [2.45, 2.75) is 20.4 Å². The minimum atomic E-state index is -0.922. The zero-order chi connectivity index (χ0) is 25.2. The van der Waals surface area contributed by atoms with Gasteiger partial charge in [-0.25, -0.2) is 5.43 Å². The van der Waals surface area contributed by atoms with Crippen molar-refractivity contribution >= 4 is 29.6 Å². The van der Waals surface area contributed by atoms with Crippen LogP contribution in [0.15, 0.2) is 64.3 Å². The molecule has 2 aromatic carbocycles. The lowest BCUT2D eigenvalue weighted by atomic mass is 10.1. The number of anilines is 1. The molecule has 3 aromatic rings. The van der Waals surface area contributed by atoms with Gasteiger partial charge < -0.3 is 24.5 Å². The van der Waals surface area contributed by atoms with Crippen LogP contribution in [-0.2, 0) is 20.9 Å². The van der Waals surface area contributed by atoms with Gasteiger partial charge in [0.15, 0.2) is 18.1 Å². The Hall–Kier alpha value is -4.60. The highest BCUT2D eigenvalue weighted by Crippen LogP contribution is 2.27. The molecule has 0 aliphatic heterocycles. The van der Waals surface area contributed by atoms with Crippen LogP contribution in [0, 0.1) is 13.8 Å². The summed E-state index contributed by atoms with van der Waals surface area (Å²) in [5.41, 5.74) is 5.51. The lowest BCUT2D eigenvalue weighted by Crippen LogP contribution is -2.37. The summed E-state index contributed by atoms with van der Waals surface area (Å²) in [6.07, 6.45) is 2.81. The Kier molecular flexibility index (Phi) is 8.60. The van der Waals surface area contributed by atoms with Crippen LogP contribution in [0.5, 0.6) is 11.5 Å². The number of hydrazone groups is 1. The van der Waals surface area contributed by atoms with Gasteiger partial charge >= 0.3 is 11.8 Å². The van der Waals surface area contributed by atoms with E-state index >= 15 is 0 Å². The molecule has 3 rings (SSSR count). The molecule has 1 heterocycles. The monoisotopic (exact) mass is 478 g/mol. The zero-order valence-corrected chi connectivity index (χ0v) is 19.6. The summed E-state index contributed by atoms with van der Waals surface area (Å²) in [4.78, 5) is 35.9. The van der Waals surface area contributed by atoms with Crippen LogP contribution in [0.25, 0.3) is 0 Å². The van der Waals surface area contributed by atoms with Crippen LogP contribution in [0.1, 0.15) is 22.5 Å². The van der Waals surface area contributed by atoms with E-state index in [0.717, 1.165) is 16.8 Å². The summed E-state index contributed by atoms with van der Waals surface area (Å²) in [6, 6.07) is 14.0. The predicted octanol–water partition coefficient (Wildman–Crippen LogP) is 2.69. The van der Waals surface area contributed by atoms with Gasteiger partial charge in [-0.05, 0) is 61.4 Å². The molecule has 3 amide bonds. The van der Waals surface area contributed by atoms with Gasteiger partial charge in [0.25, 0.3) is 5.91 Å². The molecule has 1 aromatic heterocycles. The molecule has 10 nitrogen and oxygen atoms in total. The number of rotatable bonds is 9. The number of benzene rings is 2. The van der Waals surface area contributed by atoms with E-state index < -0.39 is 11.8 Å². The largest absolute Gasteiger partial charge is 0.493 e. The van der Waals surface area contributed by atoms with Gasteiger partial charge in [0.05, 0.1) is 26.1 Å². The highest BCUT2D eigenvalue weighted by atomic mass is 16.5. The lowest BCUT2D eigenvalue weighted by Gasteiger charge is -2.12. The Labute approximate surface area is 202 Å². The minimum absolute atomic E-state index is 0.0876. The molecule has 0 atom stereocenters. The second kappa shape index (κ2) is 12.0. The van der Waals surface area contributed by atoms with Crippen molar-refractivity contribution in [3.8, 4) is 11.5 Å². The molecule has 0 radical (unpaired) electrons. The number of carbonyl (C=O) groups excluding carboxylic acids is 3. The highest BCUT2D eigenvalue weighted by Gasteiger charge is 2.13. The van der Waals surface area contributed by atoms with Crippen LogP contribution < -0.4 is 25.5 Å². The normalized spacial score (nSPS) is 10.6. The van der Waals surface area contributed by atoms with Crippen LogP contribution in [0.3, 0.4) is 0 Å². The molecule has 0 saturated heterocycles. The van der Waals surface area contributed by atoms with Gasteiger partial charge in [-0.15, -0.1) is 0 Å². The summed E-state index contributed by atoms with van der Waals surface area (Å²) in [5.74, 6) is -0.824. The third-order valence-corrected chi connectivity index (χ3v) is 4.79. The fourth-order valence-electron chi connectivity index (χ4n) is 3.04. The summed E-state index contributed by atoms with van der Waals surface area (Å²) in [7, 11) is 1.46. The maximum absolute atomic E-state index is 12.3. The number of ether oxygens (including phenoxy) is 2. The zero-order valence-electron chi connectivity index (χ0n) is 19.6. The van der Waals surface area contributed by atoms with Gasteiger partial charge in [0.1, 0.15) is 5.76 Å². The molecule has 35 heavy (non-hydrogen) atoms. The summed E-state index contributed by atoms with van der Waals surface area (Å²) in [6.45, 7) is 3.78. The molecule has 0 unspecified atom stereocenters. The second-order valence-corrected chi connectivity index (χ2v) is 7.53. The summed E-state index contributed by atoms with van der Waals surface area (Å²) in [5, 5.41) is 9.01. The molecule has 0 aliphatic carbocycles. The van der Waals surface area contributed by atoms with Gasteiger partial charge in [0, 0.05) is 5.69 Å². The first-order chi connectivity index (χ1) is 16.9. The topological polar surface area (TPSA) is 131 Å². The molecule has 0 fully saturated rings. The number of nitrogens with zero attached hydrogens (tertiary/aromatic N) is 1. The summed E-state index contributed by atoms with van der Waals surface area (Å²) >= 11 is 0. The van der Waals surface area contributed by atoms with Crippen LogP contribution in [-0.4, -0.2) is 37.7 Å². The first-order valence-corrected chi connectivity index (χ1v) is 10.7. The van der Waals surface area contributed by atoms with E-state index in [4.69, 9.17) is 13.9 Å². The number of hydrogen-bond donors (Lipinski definition) is 3. The fourth-order valence-corrected chi connectivity index (χ4v) is 3.04. The lowest BCUT2D eigenvalue weighted by molar-refractivity contribution is -0.139. The standard InChI is InChI=1S/C25H26N4O6/c1-16-6-8-20(17(2)11-16)28-23(30)15-35-21-9-7-18(12-22(21)33-3)13-27-29-25(32)24(31)26-14-19-5-4-10-34-19/h4-13H,14-15H2,1-3H3,(H,26,31)(H,28,30)(H,29,32)/b27-13-. The minimum Gasteiger partial charge on any atom is -0.493 e. The molecule has 0 aliphatic rings. The Morgan fingerprint density at radius 1 is 1.03 bits per heavy atom. The smallest absolute Gasteiger partial charge is 0.329 e. The Bertz CT molecular complexity index is 1220. The SMILES string of the molecule is COc1cc(/C=N\NC(=O)C(=O)NCc2ccco2)ccc1OCC(=O)Nc1ccc(C)cc1C. The van der Waals surface area contributed by atoms with E-state index in [2.05, 4.69) is 21.2 Å². The Balaban J connectivity index is 1.50. The Morgan fingerprint density at radius 2 is 1.86 bits per heavy atom. The van der Waals surface area contributed by atoms with Crippen molar-refractivity contribution in [3.05, 3.63) is 77.2 Å². The first kappa shape index (κ1) is 25.0. The van der Waals surface area contributed by atoms with E-state index in [1.807, 2.05) is 32.0 Å². The third kappa shape index (κ3) is 7.46. The van der Waals surface area contributed by atoms with Crippen molar-refractivity contribution < 1.29 is 28.3 Å². The van der Waals surface area contributed by atoms with Gasteiger partial charge in [-0.2, -0.15) is 5.10 Å². The number of amides is 3. The number of nitrogens with one attached hydrogen (secondary N) is 3. The van der Waals surface area contributed by atoms with Gasteiger partial charge in [-0.1, -0.05) is 17.7 Å². The molecule has 3 N–H and O–H groups in total. The third-order valence-electron chi connectivity index (χ3n) is 4.79. The van der Waals surface area contributed by atoms with E-state index in [-0.39, 0.29) is 19.1 Å². The van der Waals surface area contributed by atoms with Crippen molar-refractivity contribution in [1.82, 2.24) is 10.7 Å². The molecular weight excluding hydrogens is 452 g/mol.